The van der Waals surface area contributed by atoms with Gasteiger partial charge < -0.3 is 10.1 Å². The van der Waals surface area contributed by atoms with E-state index in [1.165, 1.54) is 7.11 Å². The maximum absolute atomic E-state index is 12.0. The number of piperazine rings is 1. The summed E-state index contributed by atoms with van der Waals surface area (Å²) in [5, 5.41) is 3.43. The van der Waals surface area contributed by atoms with Crippen molar-refractivity contribution in [3.8, 4) is 0 Å². The van der Waals surface area contributed by atoms with Crippen LogP contribution in [0.2, 0.25) is 0 Å². The van der Waals surface area contributed by atoms with Crippen LogP contribution in [0.3, 0.4) is 0 Å². The van der Waals surface area contributed by atoms with E-state index < -0.39 is 0 Å². The highest BCUT2D eigenvalue weighted by molar-refractivity contribution is 5.69. The molecule has 1 aliphatic heterocycles. The van der Waals surface area contributed by atoms with Crippen LogP contribution in [-0.2, 0) is 10.3 Å². The lowest BCUT2D eigenvalue weighted by Crippen LogP contribution is -2.64. The maximum Gasteiger partial charge on any atom is 0.410 e. The molecule has 2 unspecified atom stereocenters. The van der Waals surface area contributed by atoms with Crippen molar-refractivity contribution in [2.75, 3.05) is 20.2 Å². The second-order valence-electron chi connectivity index (χ2n) is 4.81. The van der Waals surface area contributed by atoms with Crippen LogP contribution >= 0.6 is 0 Å². The number of rotatable bonds is 1. The minimum absolute atomic E-state index is 0.174. The van der Waals surface area contributed by atoms with Crippen LogP contribution in [0.4, 0.5) is 4.79 Å². The number of hydrogen-bond donors (Lipinski definition) is 1. The Hall–Kier alpha value is -1.55. The van der Waals surface area contributed by atoms with E-state index in [9.17, 15) is 4.79 Å². The fraction of sp³-hybridized carbons (Fsp3) is 0.500. The monoisotopic (exact) mass is 248 g/mol. The third-order valence-electron chi connectivity index (χ3n) is 3.94. The second kappa shape index (κ2) is 4.98. The van der Waals surface area contributed by atoms with Crippen LogP contribution in [0, 0.1) is 0 Å². The number of methoxy groups -OCH3 is 1. The molecule has 0 aromatic heterocycles. The second-order valence-corrected chi connectivity index (χ2v) is 4.81. The molecule has 1 N–H and O–H groups in total. The largest absolute Gasteiger partial charge is 0.453 e. The van der Waals surface area contributed by atoms with Gasteiger partial charge in [-0.25, -0.2) is 4.79 Å². The molecule has 1 aromatic rings. The molecule has 4 heteroatoms. The Balaban J connectivity index is 2.43. The summed E-state index contributed by atoms with van der Waals surface area (Å²) in [4.78, 5) is 13.8. The zero-order valence-electron chi connectivity index (χ0n) is 11.1. The lowest BCUT2D eigenvalue weighted by molar-refractivity contribution is 0.0303. The molecule has 0 bridgehead atoms. The summed E-state index contributed by atoms with van der Waals surface area (Å²) < 4.78 is 4.91. The Morgan fingerprint density at radius 1 is 1.44 bits per heavy atom. The third kappa shape index (κ3) is 1.97. The zero-order chi connectivity index (χ0) is 13.2. The van der Waals surface area contributed by atoms with Gasteiger partial charge in [-0.2, -0.15) is 0 Å². The van der Waals surface area contributed by atoms with E-state index in [4.69, 9.17) is 4.74 Å². The van der Waals surface area contributed by atoms with Gasteiger partial charge in [0.2, 0.25) is 0 Å². The molecule has 0 aliphatic carbocycles. The fourth-order valence-electron chi connectivity index (χ4n) is 2.63. The molecule has 1 saturated heterocycles. The number of amides is 1. The maximum atomic E-state index is 12.0. The summed E-state index contributed by atoms with van der Waals surface area (Å²) in [5.41, 5.74) is 0.738. The molecule has 2 rings (SSSR count). The van der Waals surface area contributed by atoms with E-state index in [2.05, 4.69) is 31.3 Å². The highest BCUT2D eigenvalue weighted by Crippen LogP contribution is 2.34. The van der Waals surface area contributed by atoms with Crippen LogP contribution in [0.15, 0.2) is 30.3 Å². The van der Waals surface area contributed by atoms with Crippen molar-refractivity contribution in [2.24, 2.45) is 0 Å². The first-order valence-electron chi connectivity index (χ1n) is 6.25. The first kappa shape index (κ1) is 12.9. The molecule has 1 aromatic carbocycles. The van der Waals surface area contributed by atoms with E-state index >= 15 is 0 Å². The average Bonchev–Trinajstić information content (AvgIpc) is 2.42. The van der Waals surface area contributed by atoms with Gasteiger partial charge in [-0.1, -0.05) is 30.3 Å². The highest BCUT2D eigenvalue weighted by atomic mass is 16.5. The number of nitrogens with one attached hydrogen (secondary N) is 1. The zero-order valence-corrected chi connectivity index (χ0v) is 11.1. The Bertz CT molecular complexity index is 421. The van der Waals surface area contributed by atoms with E-state index in [1.807, 2.05) is 23.1 Å². The topological polar surface area (TPSA) is 41.6 Å². The first-order chi connectivity index (χ1) is 8.60. The molecule has 98 valence electrons. The van der Waals surface area contributed by atoms with Crippen molar-refractivity contribution in [1.29, 1.82) is 0 Å². The van der Waals surface area contributed by atoms with Gasteiger partial charge in [-0.05, 0) is 19.4 Å². The molecule has 18 heavy (non-hydrogen) atoms. The number of carbonyl (C=O) groups excluding carboxylic acids is 1. The summed E-state index contributed by atoms with van der Waals surface area (Å²) in [6.07, 6.45) is -0.269. The number of hydrogen-bond acceptors (Lipinski definition) is 3. The molecule has 1 amide bonds. The normalized spacial score (nSPS) is 27.9. The molecule has 1 aliphatic rings. The number of carbonyl (C=O) groups is 1. The summed E-state index contributed by atoms with van der Waals surface area (Å²) in [6, 6.07) is 10.3. The Labute approximate surface area is 108 Å². The molecular formula is C14H20N2O2. The minimum Gasteiger partial charge on any atom is -0.453 e. The van der Waals surface area contributed by atoms with Crippen molar-refractivity contribution in [3.05, 3.63) is 35.9 Å². The molecular weight excluding hydrogens is 228 g/mol. The van der Waals surface area contributed by atoms with Gasteiger partial charge in [0.1, 0.15) is 0 Å². The SMILES string of the molecule is COC(=O)N1CCNC(C)C1(C)c1ccccc1. The van der Waals surface area contributed by atoms with Gasteiger partial charge in [0.25, 0.3) is 0 Å². The van der Waals surface area contributed by atoms with Crippen molar-refractivity contribution < 1.29 is 9.53 Å². The van der Waals surface area contributed by atoms with Gasteiger partial charge >= 0.3 is 6.09 Å². The smallest absolute Gasteiger partial charge is 0.410 e. The van der Waals surface area contributed by atoms with Crippen LogP contribution in [0.5, 0.6) is 0 Å². The predicted octanol–water partition coefficient (Wildman–Crippen LogP) is 1.96. The Morgan fingerprint density at radius 2 is 2.11 bits per heavy atom. The van der Waals surface area contributed by atoms with E-state index in [-0.39, 0.29) is 17.7 Å². The molecule has 2 atom stereocenters. The minimum atomic E-state index is -0.382. The third-order valence-corrected chi connectivity index (χ3v) is 3.94. The van der Waals surface area contributed by atoms with Crippen LogP contribution < -0.4 is 5.32 Å². The lowest BCUT2D eigenvalue weighted by Gasteiger charge is -2.48. The standard InChI is InChI=1S/C14H20N2O2/c1-11-14(2,12-7-5-4-6-8-12)16(10-9-15-11)13(17)18-3/h4-8,11,15H,9-10H2,1-3H3. The fourth-order valence-corrected chi connectivity index (χ4v) is 2.63. The average molecular weight is 248 g/mol. The van der Waals surface area contributed by atoms with Gasteiger partial charge in [0.05, 0.1) is 12.6 Å². The van der Waals surface area contributed by atoms with Crippen molar-refractivity contribution >= 4 is 6.09 Å². The molecule has 1 heterocycles. The van der Waals surface area contributed by atoms with Crippen LogP contribution in [0.25, 0.3) is 0 Å². The van der Waals surface area contributed by atoms with Crippen molar-refractivity contribution in [1.82, 2.24) is 10.2 Å². The molecule has 1 fully saturated rings. The summed E-state index contributed by atoms with van der Waals surface area (Å²) in [5.74, 6) is 0. The first-order valence-corrected chi connectivity index (χ1v) is 6.25. The Morgan fingerprint density at radius 3 is 2.72 bits per heavy atom. The van der Waals surface area contributed by atoms with E-state index in [0.29, 0.717) is 6.54 Å². The van der Waals surface area contributed by atoms with Gasteiger partial charge in [0.15, 0.2) is 0 Å². The quantitative estimate of drug-likeness (QED) is 0.826. The highest BCUT2D eigenvalue weighted by Gasteiger charge is 2.44. The van der Waals surface area contributed by atoms with Gasteiger partial charge in [-0.3, -0.25) is 4.90 Å². The van der Waals surface area contributed by atoms with E-state index in [1.54, 1.807) is 0 Å². The number of benzene rings is 1. The molecule has 0 radical (unpaired) electrons. The van der Waals surface area contributed by atoms with E-state index in [0.717, 1.165) is 12.1 Å². The predicted molar refractivity (Wildman–Crippen MR) is 70.4 cm³/mol. The number of ether oxygens (including phenoxy) is 1. The Kier molecular flexibility index (Phi) is 3.57. The molecule has 4 nitrogen and oxygen atoms in total. The number of nitrogens with zero attached hydrogens (tertiary/aromatic N) is 1. The van der Waals surface area contributed by atoms with Crippen molar-refractivity contribution in [2.45, 2.75) is 25.4 Å². The van der Waals surface area contributed by atoms with Crippen molar-refractivity contribution in [3.63, 3.8) is 0 Å². The summed E-state index contributed by atoms with van der Waals surface area (Å²) >= 11 is 0. The van der Waals surface area contributed by atoms with Gasteiger partial charge in [0, 0.05) is 19.1 Å². The van der Waals surface area contributed by atoms with Gasteiger partial charge in [-0.15, -0.1) is 0 Å². The summed E-state index contributed by atoms with van der Waals surface area (Å²) in [7, 11) is 1.43. The molecule has 0 spiro atoms. The lowest BCUT2D eigenvalue weighted by atomic mass is 9.82. The van der Waals surface area contributed by atoms with Crippen LogP contribution in [0.1, 0.15) is 19.4 Å². The molecule has 0 saturated carbocycles. The van der Waals surface area contributed by atoms with Crippen LogP contribution in [-0.4, -0.2) is 37.2 Å². The summed E-state index contributed by atoms with van der Waals surface area (Å²) in [6.45, 7) is 5.62.